The second-order valence-corrected chi connectivity index (χ2v) is 8.48. The Balaban J connectivity index is 1.55. The molecule has 29 heavy (non-hydrogen) atoms. The van der Waals surface area contributed by atoms with Crippen molar-refractivity contribution in [3.63, 3.8) is 0 Å². The van der Waals surface area contributed by atoms with Crippen LogP contribution in [0.25, 0.3) is 0 Å². The van der Waals surface area contributed by atoms with E-state index in [0.29, 0.717) is 11.7 Å². The van der Waals surface area contributed by atoms with Gasteiger partial charge in [0, 0.05) is 50.0 Å². The minimum atomic E-state index is 0.110. The van der Waals surface area contributed by atoms with Gasteiger partial charge in [-0.05, 0) is 51.9 Å². The molecule has 0 N–H and O–H groups in total. The van der Waals surface area contributed by atoms with Gasteiger partial charge in [-0.25, -0.2) is 0 Å². The number of nitrogens with zero attached hydrogens (tertiary/aromatic N) is 5. The van der Waals surface area contributed by atoms with E-state index in [1.54, 1.807) is 6.26 Å². The summed E-state index contributed by atoms with van der Waals surface area (Å²) in [6.45, 7) is 7.26. The van der Waals surface area contributed by atoms with E-state index in [1.807, 2.05) is 17.0 Å². The van der Waals surface area contributed by atoms with Crippen molar-refractivity contribution in [1.29, 1.82) is 0 Å². The molecule has 1 unspecified atom stereocenters. The molecular weight excluding hydrogens is 366 g/mol. The molecule has 1 aliphatic heterocycles. The van der Waals surface area contributed by atoms with Crippen LogP contribution in [0.4, 0.5) is 0 Å². The lowest BCUT2D eigenvalue weighted by Gasteiger charge is -2.33. The monoisotopic (exact) mass is 399 g/mol. The van der Waals surface area contributed by atoms with Gasteiger partial charge in [-0.2, -0.15) is 5.10 Å². The molecule has 4 rings (SSSR count). The highest BCUT2D eigenvalue weighted by molar-refractivity contribution is 5.94. The van der Waals surface area contributed by atoms with E-state index >= 15 is 0 Å². The lowest BCUT2D eigenvalue weighted by Crippen LogP contribution is -2.47. The molecule has 0 radical (unpaired) electrons. The summed E-state index contributed by atoms with van der Waals surface area (Å²) in [6, 6.07) is 4.35. The highest BCUT2D eigenvalue weighted by Crippen LogP contribution is 2.29. The smallest absolute Gasteiger partial charge is 0.274 e. The molecule has 1 aliphatic carbocycles. The van der Waals surface area contributed by atoms with Crippen LogP contribution in [0.3, 0.4) is 0 Å². The van der Waals surface area contributed by atoms with Crippen LogP contribution < -0.4 is 0 Å². The number of aryl methyl sites for hydroxylation is 1. The zero-order valence-corrected chi connectivity index (χ0v) is 17.9. The highest BCUT2D eigenvalue weighted by Gasteiger charge is 2.33. The van der Waals surface area contributed by atoms with E-state index in [-0.39, 0.29) is 5.91 Å². The summed E-state index contributed by atoms with van der Waals surface area (Å²) in [5.41, 5.74) is 3.13. The maximum atomic E-state index is 13.3. The second kappa shape index (κ2) is 8.71. The molecule has 0 spiro atoms. The number of hydrogen-bond donors (Lipinski definition) is 0. The summed E-state index contributed by atoms with van der Waals surface area (Å²) in [4.78, 5) is 19.9. The van der Waals surface area contributed by atoms with Gasteiger partial charge in [0.15, 0.2) is 5.69 Å². The van der Waals surface area contributed by atoms with Gasteiger partial charge in [0.2, 0.25) is 0 Å². The van der Waals surface area contributed by atoms with Crippen molar-refractivity contribution in [2.45, 2.75) is 51.7 Å². The number of aromatic nitrogens is 2. The Morgan fingerprint density at radius 3 is 2.79 bits per heavy atom. The highest BCUT2D eigenvalue weighted by atomic mass is 16.3. The molecule has 3 heterocycles. The summed E-state index contributed by atoms with van der Waals surface area (Å²) in [7, 11) is 4.26. The summed E-state index contributed by atoms with van der Waals surface area (Å²) in [5, 5.41) is 4.82. The number of fused-ring (bicyclic) bond motifs is 1. The Labute approximate surface area is 173 Å². The zero-order chi connectivity index (χ0) is 20.4. The minimum Gasteiger partial charge on any atom is -0.468 e. The summed E-state index contributed by atoms with van der Waals surface area (Å²) >= 11 is 0. The summed E-state index contributed by atoms with van der Waals surface area (Å²) in [5.74, 6) is 1.09. The molecule has 0 bridgehead atoms. The van der Waals surface area contributed by atoms with Crippen molar-refractivity contribution in [3.8, 4) is 0 Å². The third-order valence-corrected chi connectivity index (χ3v) is 6.36. The van der Waals surface area contributed by atoms with Crippen LogP contribution in [0.2, 0.25) is 0 Å². The van der Waals surface area contributed by atoms with Gasteiger partial charge in [-0.1, -0.05) is 6.92 Å². The van der Waals surface area contributed by atoms with Crippen LogP contribution in [-0.2, 0) is 25.9 Å². The SMILES string of the molecule is CCCn1nc(C(=O)N2CCN(C)CC2)c2c1CCC(N(C)Cc1ccco1)C2. The first kappa shape index (κ1) is 20.2. The predicted octanol–water partition coefficient (Wildman–Crippen LogP) is 2.26. The Hall–Kier alpha value is -2.12. The fraction of sp³-hybridized carbons (Fsp3) is 0.636. The van der Waals surface area contributed by atoms with Gasteiger partial charge < -0.3 is 14.2 Å². The molecule has 0 saturated carbocycles. The standard InChI is InChI=1S/C22H33N5O2/c1-4-9-27-20-8-7-17(25(3)16-18-6-5-14-29-18)15-19(20)21(23-27)22(28)26-12-10-24(2)11-13-26/h5-6,14,17H,4,7-13,15-16H2,1-3H3. The molecule has 158 valence electrons. The first-order valence-electron chi connectivity index (χ1n) is 10.9. The topological polar surface area (TPSA) is 57.8 Å². The van der Waals surface area contributed by atoms with Crippen molar-refractivity contribution >= 4 is 5.91 Å². The maximum absolute atomic E-state index is 13.3. The summed E-state index contributed by atoms with van der Waals surface area (Å²) in [6.07, 6.45) is 5.69. The lowest BCUT2D eigenvalue weighted by molar-refractivity contribution is 0.0655. The molecule has 1 fully saturated rings. The van der Waals surface area contributed by atoms with Crippen LogP contribution in [0.15, 0.2) is 22.8 Å². The molecule has 1 amide bonds. The van der Waals surface area contributed by atoms with Gasteiger partial charge in [0.25, 0.3) is 5.91 Å². The Bertz CT molecular complexity index is 821. The van der Waals surface area contributed by atoms with Crippen molar-refractivity contribution in [3.05, 3.63) is 41.1 Å². The van der Waals surface area contributed by atoms with Crippen LogP contribution in [0.5, 0.6) is 0 Å². The normalized spacial score (nSPS) is 20.3. The fourth-order valence-corrected chi connectivity index (χ4v) is 4.55. The van der Waals surface area contributed by atoms with E-state index in [2.05, 4.69) is 35.5 Å². The van der Waals surface area contributed by atoms with Gasteiger partial charge in [0.05, 0.1) is 12.8 Å². The third-order valence-electron chi connectivity index (χ3n) is 6.36. The number of hydrogen-bond acceptors (Lipinski definition) is 5. The second-order valence-electron chi connectivity index (χ2n) is 8.48. The third kappa shape index (κ3) is 4.26. The number of carbonyl (C=O) groups is 1. The molecule has 1 saturated heterocycles. The number of rotatable bonds is 6. The Morgan fingerprint density at radius 2 is 2.10 bits per heavy atom. The molecule has 7 heteroatoms. The Morgan fingerprint density at radius 1 is 1.31 bits per heavy atom. The molecule has 1 atom stereocenters. The molecule has 2 aromatic rings. The van der Waals surface area contributed by atoms with E-state index in [4.69, 9.17) is 9.52 Å². The van der Waals surface area contributed by atoms with Gasteiger partial charge in [-0.3, -0.25) is 14.4 Å². The molecule has 7 nitrogen and oxygen atoms in total. The zero-order valence-electron chi connectivity index (χ0n) is 17.9. The Kier molecular flexibility index (Phi) is 6.06. The first-order chi connectivity index (χ1) is 14.1. The van der Waals surface area contributed by atoms with Crippen molar-refractivity contribution in [1.82, 2.24) is 24.5 Å². The number of piperazine rings is 1. The van der Waals surface area contributed by atoms with Gasteiger partial charge in [0.1, 0.15) is 5.76 Å². The predicted molar refractivity (Wildman–Crippen MR) is 112 cm³/mol. The van der Waals surface area contributed by atoms with E-state index in [9.17, 15) is 4.79 Å². The average molecular weight is 400 g/mol. The van der Waals surface area contributed by atoms with Crippen LogP contribution in [0, 0.1) is 0 Å². The first-order valence-corrected chi connectivity index (χ1v) is 10.9. The van der Waals surface area contributed by atoms with Crippen molar-refractivity contribution in [2.24, 2.45) is 0 Å². The number of carbonyl (C=O) groups excluding carboxylic acids is 1. The number of likely N-dealkylation sites (N-methyl/N-ethyl adjacent to an activating group) is 2. The van der Waals surface area contributed by atoms with Crippen LogP contribution >= 0.6 is 0 Å². The average Bonchev–Trinajstić information content (AvgIpc) is 3.36. The maximum Gasteiger partial charge on any atom is 0.274 e. The largest absolute Gasteiger partial charge is 0.468 e. The number of amides is 1. The van der Waals surface area contributed by atoms with Gasteiger partial charge >= 0.3 is 0 Å². The number of furan rings is 1. The molecular formula is C22H33N5O2. The van der Waals surface area contributed by atoms with Crippen LogP contribution in [0.1, 0.15) is 47.3 Å². The lowest BCUT2D eigenvalue weighted by atomic mass is 9.90. The van der Waals surface area contributed by atoms with Crippen molar-refractivity contribution in [2.75, 3.05) is 40.3 Å². The molecule has 2 aliphatic rings. The van der Waals surface area contributed by atoms with Gasteiger partial charge in [-0.15, -0.1) is 0 Å². The quantitative estimate of drug-likeness (QED) is 0.746. The summed E-state index contributed by atoms with van der Waals surface area (Å²) < 4.78 is 7.63. The van der Waals surface area contributed by atoms with E-state index < -0.39 is 0 Å². The van der Waals surface area contributed by atoms with Crippen LogP contribution in [-0.4, -0.2) is 76.7 Å². The van der Waals surface area contributed by atoms with Crippen molar-refractivity contribution < 1.29 is 9.21 Å². The minimum absolute atomic E-state index is 0.110. The van der Waals surface area contributed by atoms with E-state index in [1.165, 1.54) is 11.3 Å². The molecule has 2 aromatic heterocycles. The van der Waals surface area contributed by atoms with E-state index in [0.717, 1.165) is 70.7 Å². The molecule has 0 aromatic carbocycles. The fourth-order valence-electron chi connectivity index (χ4n) is 4.55.